The van der Waals surface area contributed by atoms with Crippen LogP contribution in [0.5, 0.6) is 0 Å². The molecule has 0 aromatic heterocycles. The zero-order valence-electron chi connectivity index (χ0n) is 11.5. The Balaban J connectivity index is 1.94. The molecule has 2 atom stereocenters. The highest BCUT2D eigenvalue weighted by Gasteiger charge is 2.28. The van der Waals surface area contributed by atoms with E-state index in [-0.39, 0.29) is 5.82 Å². The molecule has 1 aliphatic heterocycles. The van der Waals surface area contributed by atoms with Crippen molar-refractivity contribution >= 4 is 31.9 Å². The van der Waals surface area contributed by atoms with Crippen LogP contribution in [0.4, 0.5) is 4.39 Å². The lowest BCUT2D eigenvalue weighted by Crippen LogP contribution is -2.34. The molecule has 4 heteroatoms. The molecule has 1 fully saturated rings. The number of piperidine rings is 1. The van der Waals surface area contributed by atoms with Crippen molar-refractivity contribution in [2.75, 3.05) is 13.1 Å². The Morgan fingerprint density at radius 2 is 1.67 bits per heavy atom. The van der Waals surface area contributed by atoms with Crippen molar-refractivity contribution in [1.29, 1.82) is 0 Å². The van der Waals surface area contributed by atoms with Crippen molar-refractivity contribution in [1.82, 2.24) is 5.32 Å². The topological polar surface area (TPSA) is 12.0 Å². The molecule has 1 nitrogen and oxygen atoms in total. The van der Waals surface area contributed by atoms with Gasteiger partial charge in [-0.25, -0.2) is 4.39 Å². The molecule has 110 valence electrons. The third-order valence-corrected chi connectivity index (χ3v) is 5.29. The normalized spacial score (nSPS) is 22.2. The van der Waals surface area contributed by atoms with Gasteiger partial charge in [0.2, 0.25) is 0 Å². The fourth-order valence-corrected chi connectivity index (χ4v) is 3.72. The van der Waals surface area contributed by atoms with E-state index in [9.17, 15) is 4.39 Å². The largest absolute Gasteiger partial charge is 0.316 e. The molecule has 0 saturated carbocycles. The molecule has 0 spiro atoms. The van der Waals surface area contributed by atoms with Crippen LogP contribution in [0.1, 0.15) is 29.4 Å². The Labute approximate surface area is 141 Å². The van der Waals surface area contributed by atoms with Gasteiger partial charge in [0, 0.05) is 16.9 Å². The van der Waals surface area contributed by atoms with Crippen LogP contribution in [0.3, 0.4) is 0 Å². The van der Waals surface area contributed by atoms with E-state index in [1.165, 1.54) is 11.1 Å². The summed E-state index contributed by atoms with van der Waals surface area (Å²) < 4.78 is 15.1. The van der Waals surface area contributed by atoms with Crippen molar-refractivity contribution in [3.05, 3.63) is 68.4 Å². The summed E-state index contributed by atoms with van der Waals surface area (Å²) in [5.74, 6) is 0.640. The van der Waals surface area contributed by atoms with Gasteiger partial charge in [-0.3, -0.25) is 0 Å². The lowest BCUT2D eigenvalue weighted by Gasteiger charge is -2.33. The molecule has 2 aromatic carbocycles. The average Bonchev–Trinajstić information content (AvgIpc) is 2.51. The fraction of sp³-hybridized carbons (Fsp3) is 0.294. The highest BCUT2D eigenvalue weighted by atomic mass is 79.9. The van der Waals surface area contributed by atoms with E-state index < -0.39 is 0 Å². The summed E-state index contributed by atoms with van der Waals surface area (Å²) in [7, 11) is 0. The van der Waals surface area contributed by atoms with Crippen molar-refractivity contribution < 1.29 is 4.39 Å². The Morgan fingerprint density at radius 1 is 0.952 bits per heavy atom. The Morgan fingerprint density at radius 3 is 2.38 bits per heavy atom. The SMILES string of the molecule is Fc1ccc(C2CCNCC2c2ccc(Br)cc2)cc1Br. The van der Waals surface area contributed by atoms with E-state index in [0.717, 1.165) is 24.0 Å². The first-order valence-corrected chi connectivity index (χ1v) is 8.65. The van der Waals surface area contributed by atoms with Crippen molar-refractivity contribution in [3.63, 3.8) is 0 Å². The Kier molecular flexibility index (Phi) is 4.77. The van der Waals surface area contributed by atoms with Gasteiger partial charge < -0.3 is 5.32 Å². The summed E-state index contributed by atoms with van der Waals surface area (Å²) in [5.41, 5.74) is 2.54. The van der Waals surface area contributed by atoms with Crippen LogP contribution in [-0.4, -0.2) is 13.1 Å². The molecule has 1 N–H and O–H groups in total. The van der Waals surface area contributed by atoms with Crippen LogP contribution < -0.4 is 5.32 Å². The molecular formula is C17H16Br2FN. The quantitative estimate of drug-likeness (QED) is 0.713. The monoisotopic (exact) mass is 411 g/mol. The van der Waals surface area contributed by atoms with Crippen molar-refractivity contribution in [3.8, 4) is 0 Å². The van der Waals surface area contributed by atoms with Crippen LogP contribution in [0, 0.1) is 5.82 Å². The fourth-order valence-electron chi connectivity index (χ4n) is 3.06. The van der Waals surface area contributed by atoms with Gasteiger partial charge in [0.05, 0.1) is 4.47 Å². The second kappa shape index (κ2) is 6.59. The lowest BCUT2D eigenvalue weighted by atomic mass is 9.77. The van der Waals surface area contributed by atoms with Crippen LogP contribution in [0.15, 0.2) is 51.4 Å². The number of rotatable bonds is 2. The smallest absolute Gasteiger partial charge is 0.137 e. The maximum absolute atomic E-state index is 13.5. The van der Waals surface area contributed by atoms with E-state index in [2.05, 4.69) is 61.4 Å². The zero-order valence-corrected chi connectivity index (χ0v) is 14.6. The van der Waals surface area contributed by atoms with E-state index in [1.54, 1.807) is 6.07 Å². The van der Waals surface area contributed by atoms with Crippen LogP contribution in [-0.2, 0) is 0 Å². The number of hydrogen-bond acceptors (Lipinski definition) is 1. The number of hydrogen-bond donors (Lipinski definition) is 1. The summed E-state index contributed by atoms with van der Waals surface area (Å²) >= 11 is 6.79. The van der Waals surface area contributed by atoms with Gasteiger partial charge in [0.15, 0.2) is 0 Å². The second-order valence-corrected chi connectivity index (χ2v) is 7.20. The molecule has 0 amide bonds. The molecule has 1 aliphatic rings. The zero-order chi connectivity index (χ0) is 14.8. The molecule has 21 heavy (non-hydrogen) atoms. The molecule has 1 heterocycles. The molecule has 1 saturated heterocycles. The van der Waals surface area contributed by atoms with Crippen molar-refractivity contribution in [2.45, 2.75) is 18.3 Å². The Bertz CT molecular complexity index is 627. The minimum Gasteiger partial charge on any atom is -0.316 e. The maximum Gasteiger partial charge on any atom is 0.137 e. The van der Waals surface area contributed by atoms with E-state index in [1.807, 2.05) is 12.1 Å². The predicted octanol–water partition coefficient (Wildman–Crippen LogP) is 5.21. The molecule has 2 aromatic rings. The summed E-state index contributed by atoms with van der Waals surface area (Å²) in [6.07, 6.45) is 1.07. The Hall–Kier alpha value is -0.710. The summed E-state index contributed by atoms with van der Waals surface area (Å²) in [4.78, 5) is 0. The van der Waals surface area contributed by atoms with Gasteiger partial charge in [-0.15, -0.1) is 0 Å². The maximum atomic E-state index is 13.5. The highest BCUT2D eigenvalue weighted by molar-refractivity contribution is 9.10. The molecule has 0 bridgehead atoms. The van der Waals surface area contributed by atoms with Gasteiger partial charge in [0.1, 0.15) is 5.82 Å². The van der Waals surface area contributed by atoms with E-state index >= 15 is 0 Å². The molecule has 0 aliphatic carbocycles. The number of benzene rings is 2. The third kappa shape index (κ3) is 3.38. The highest BCUT2D eigenvalue weighted by Crippen LogP contribution is 2.38. The first kappa shape index (κ1) is 15.2. The second-order valence-electron chi connectivity index (χ2n) is 5.43. The summed E-state index contributed by atoms with van der Waals surface area (Å²) in [6, 6.07) is 13.9. The van der Waals surface area contributed by atoms with Gasteiger partial charge in [-0.2, -0.15) is 0 Å². The van der Waals surface area contributed by atoms with Gasteiger partial charge in [-0.1, -0.05) is 34.1 Å². The van der Waals surface area contributed by atoms with E-state index in [4.69, 9.17) is 0 Å². The molecule has 0 radical (unpaired) electrons. The number of halogens is 3. The van der Waals surface area contributed by atoms with Crippen LogP contribution >= 0.6 is 31.9 Å². The lowest BCUT2D eigenvalue weighted by molar-refractivity contribution is 0.403. The van der Waals surface area contributed by atoms with Gasteiger partial charge in [-0.05, 0) is 70.2 Å². The van der Waals surface area contributed by atoms with Crippen LogP contribution in [0.2, 0.25) is 0 Å². The summed E-state index contributed by atoms with van der Waals surface area (Å²) in [6.45, 7) is 1.97. The van der Waals surface area contributed by atoms with E-state index in [0.29, 0.717) is 16.3 Å². The first-order valence-electron chi connectivity index (χ1n) is 7.06. The predicted molar refractivity (Wildman–Crippen MR) is 91.2 cm³/mol. The molecule has 3 rings (SSSR count). The van der Waals surface area contributed by atoms with Crippen LogP contribution in [0.25, 0.3) is 0 Å². The minimum atomic E-state index is -0.201. The van der Waals surface area contributed by atoms with Crippen molar-refractivity contribution in [2.24, 2.45) is 0 Å². The molecule has 2 unspecified atom stereocenters. The molecular weight excluding hydrogens is 397 g/mol. The van der Waals surface area contributed by atoms with Gasteiger partial charge in [0.25, 0.3) is 0 Å². The number of nitrogens with one attached hydrogen (secondary N) is 1. The standard InChI is InChI=1S/C17H16Br2FN/c18-13-4-1-11(2-5-13)15-10-21-8-7-14(15)12-3-6-17(20)16(19)9-12/h1-6,9,14-15,21H,7-8,10H2. The third-order valence-electron chi connectivity index (χ3n) is 4.15. The van der Waals surface area contributed by atoms with Gasteiger partial charge >= 0.3 is 0 Å². The average molecular weight is 413 g/mol. The minimum absolute atomic E-state index is 0.201. The first-order chi connectivity index (χ1) is 10.1. The summed E-state index contributed by atoms with van der Waals surface area (Å²) in [5, 5.41) is 3.48.